The lowest BCUT2D eigenvalue weighted by atomic mass is 10.1. The van der Waals surface area contributed by atoms with Crippen molar-refractivity contribution in [3.63, 3.8) is 0 Å². The van der Waals surface area contributed by atoms with Crippen molar-refractivity contribution >= 4 is 44.4 Å². The van der Waals surface area contributed by atoms with Crippen LogP contribution < -0.4 is 10.6 Å². The van der Waals surface area contributed by atoms with E-state index >= 15 is 0 Å². The van der Waals surface area contributed by atoms with Crippen molar-refractivity contribution in [2.75, 3.05) is 11.9 Å². The highest BCUT2D eigenvalue weighted by Crippen LogP contribution is 2.18. The summed E-state index contributed by atoms with van der Waals surface area (Å²) in [6.07, 6.45) is 2.78. The highest BCUT2D eigenvalue weighted by molar-refractivity contribution is 9.10. The molecule has 4 rings (SSSR count). The van der Waals surface area contributed by atoms with Gasteiger partial charge in [-0.1, -0.05) is 46.3 Å². The fourth-order valence-electron chi connectivity index (χ4n) is 3.38. The van der Waals surface area contributed by atoms with Gasteiger partial charge in [-0.2, -0.15) is 0 Å². The van der Waals surface area contributed by atoms with Crippen LogP contribution in [0.5, 0.6) is 0 Å². The number of carbonyl (C=O) groups is 1. The van der Waals surface area contributed by atoms with E-state index in [-0.39, 0.29) is 5.91 Å². The zero-order valence-corrected chi connectivity index (χ0v) is 18.7. The molecule has 0 spiro atoms. The zero-order chi connectivity index (χ0) is 21.6. The summed E-state index contributed by atoms with van der Waals surface area (Å²) in [4.78, 5) is 20.7. The summed E-state index contributed by atoms with van der Waals surface area (Å²) in [5, 5.41) is 7.36. The van der Waals surface area contributed by atoms with Gasteiger partial charge in [-0.3, -0.25) is 15.1 Å². The molecule has 0 aliphatic carbocycles. The Morgan fingerprint density at radius 3 is 2.65 bits per heavy atom. The van der Waals surface area contributed by atoms with Crippen LogP contribution in [0.25, 0.3) is 10.9 Å². The van der Waals surface area contributed by atoms with Gasteiger partial charge in [-0.15, -0.1) is 0 Å². The van der Waals surface area contributed by atoms with E-state index < -0.39 is 0 Å². The highest BCUT2D eigenvalue weighted by atomic mass is 79.9. The van der Waals surface area contributed by atoms with Gasteiger partial charge in [-0.05, 0) is 66.9 Å². The first kappa shape index (κ1) is 20.9. The van der Waals surface area contributed by atoms with Gasteiger partial charge in [-0.25, -0.2) is 0 Å². The average molecular weight is 475 g/mol. The third-order valence-corrected chi connectivity index (χ3v) is 5.47. The maximum atomic E-state index is 12.7. The molecular formula is C25H23BrN4O. The van der Waals surface area contributed by atoms with Crippen LogP contribution in [0.3, 0.4) is 0 Å². The molecule has 0 radical (unpaired) electrons. The number of aromatic amines is 1. The predicted octanol–water partition coefficient (Wildman–Crippen LogP) is 5.68. The summed E-state index contributed by atoms with van der Waals surface area (Å²) in [7, 11) is 0. The van der Waals surface area contributed by atoms with Crippen molar-refractivity contribution in [2.45, 2.75) is 13.3 Å². The summed E-state index contributed by atoms with van der Waals surface area (Å²) in [6, 6.07) is 23.4. The van der Waals surface area contributed by atoms with Crippen LogP contribution in [-0.2, 0) is 6.42 Å². The lowest BCUT2D eigenvalue weighted by Crippen LogP contribution is -2.36. The van der Waals surface area contributed by atoms with Crippen LogP contribution in [-0.4, -0.2) is 23.4 Å². The minimum Gasteiger partial charge on any atom is -0.361 e. The largest absolute Gasteiger partial charge is 0.361 e. The van der Waals surface area contributed by atoms with Gasteiger partial charge >= 0.3 is 0 Å². The lowest BCUT2D eigenvalue weighted by Gasteiger charge is -2.12. The summed E-state index contributed by atoms with van der Waals surface area (Å²) in [6.45, 7) is 2.57. The number of aromatic nitrogens is 1. The van der Waals surface area contributed by atoms with Gasteiger partial charge in [0, 0.05) is 39.4 Å². The van der Waals surface area contributed by atoms with Gasteiger partial charge in [0.25, 0.3) is 5.91 Å². The Hall–Kier alpha value is -3.38. The Kier molecular flexibility index (Phi) is 6.48. The monoisotopic (exact) mass is 474 g/mol. The Morgan fingerprint density at radius 2 is 1.84 bits per heavy atom. The Balaban J connectivity index is 1.52. The molecule has 31 heavy (non-hydrogen) atoms. The van der Waals surface area contributed by atoms with E-state index in [0.717, 1.165) is 27.7 Å². The van der Waals surface area contributed by atoms with Crippen molar-refractivity contribution in [3.8, 4) is 0 Å². The second kappa shape index (κ2) is 9.62. The maximum absolute atomic E-state index is 12.7. The van der Waals surface area contributed by atoms with E-state index in [4.69, 9.17) is 0 Å². The molecule has 0 fully saturated rings. The van der Waals surface area contributed by atoms with Crippen molar-refractivity contribution < 1.29 is 4.79 Å². The molecule has 5 nitrogen and oxygen atoms in total. The summed E-state index contributed by atoms with van der Waals surface area (Å²) < 4.78 is 0.926. The van der Waals surface area contributed by atoms with E-state index in [1.807, 2.05) is 61.7 Å². The third-order valence-electron chi connectivity index (χ3n) is 4.95. The number of guanidine groups is 1. The predicted molar refractivity (Wildman–Crippen MR) is 131 cm³/mol. The smallest absolute Gasteiger partial charge is 0.257 e. The van der Waals surface area contributed by atoms with Crippen molar-refractivity contribution in [1.82, 2.24) is 10.3 Å². The molecule has 6 heteroatoms. The first-order chi connectivity index (χ1) is 15.1. The molecule has 1 heterocycles. The van der Waals surface area contributed by atoms with Gasteiger partial charge < -0.3 is 10.3 Å². The van der Waals surface area contributed by atoms with Crippen molar-refractivity contribution in [2.24, 2.45) is 4.99 Å². The molecule has 0 bridgehead atoms. The molecule has 0 unspecified atom stereocenters. The number of carbonyl (C=O) groups excluding carboxylic acids is 1. The van der Waals surface area contributed by atoms with Crippen LogP contribution >= 0.6 is 15.9 Å². The minimum absolute atomic E-state index is 0.210. The first-order valence-corrected chi connectivity index (χ1v) is 10.9. The van der Waals surface area contributed by atoms with Crippen LogP contribution in [0.2, 0.25) is 0 Å². The fourth-order valence-corrected chi connectivity index (χ4v) is 3.64. The lowest BCUT2D eigenvalue weighted by molar-refractivity contribution is 0.0977. The SMILES string of the molecule is Cc1cccc(NC(=NCCc2c[nH]c3ccccc23)NC(=O)c2ccc(Br)cc2)c1. The van der Waals surface area contributed by atoms with Crippen LogP contribution in [0.15, 0.2) is 88.5 Å². The van der Waals surface area contributed by atoms with Crippen LogP contribution in [0, 0.1) is 6.92 Å². The number of nitrogens with one attached hydrogen (secondary N) is 3. The number of para-hydroxylation sites is 1. The highest BCUT2D eigenvalue weighted by Gasteiger charge is 2.10. The minimum atomic E-state index is -0.210. The van der Waals surface area contributed by atoms with Gasteiger partial charge in [0.2, 0.25) is 5.96 Å². The second-order valence-electron chi connectivity index (χ2n) is 7.30. The van der Waals surface area contributed by atoms with E-state index in [1.54, 1.807) is 12.1 Å². The zero-order valence-electron chi connectivity index (χ0n) is 17.2. The number of benzene rings is 3. The Labute approximate surface area is 189 Å². The summed E-state index contributed by atoms with van der Waals surface area (Å²) in [5.74, 6) is 0.219. The quantitative estimate of drug-likeness (QED) is 0.257. The van der Waals surface area contributed by atoms with Crippen molar-refractivity contribution in [3.05, 3.63) is 100 Å². The molecule has 0 saturated carbocycles. The maximum Gasteiger partial charge on any atom is 0.257 e. The molecule has 0 aliphatic rings. The molecule has 1 aromatic heterocycles. The number of halogens is 1. The summed E-state index contributed by atoms with van der Waals surface area (Å²) in [5.41, 5.74) is 4.89. The second-order valence-corrected chi connectivity index (χ2v) is 8.21. The van der Waals surface area contributed by atoms with Gasteiger partial charge in [0.05, 0.1) is 0 Å². The first-order valence-electron chi connectivity index (χ1n) is 10.1. The molecule has 0 atom stereocenters. The van der Waals surface area contributed by atoms with Gasteiger partial charge in [0.1, 0.15) is 0 Å². The fraction of sp³-hybridized carbons (Fsp3) is 0.120. The molecule has 3 aromatic carbocycles. The number of aliphatic imine (C=N–C) groups is 1. The number of anilines is 1. The van der Waals surface area contributed by atoms with Crippen LogP contribution in [0.1, 0.15) is 21.5 Å². The van der Waals surface area contributed by atoms with Gasteiger partial charge in [0.15, 0.2) is 0 Å². The van der Waals surface area contributed by atoms with E-state index in [2.05, 4.69) is 48.7 Å². The Morgan fingerprint density at radius 1 is 1.03 bits per heavy atom. The number of fused-ring (bicyclic) bond motifs is 1. The third kappa shape index (κ3) is 5.41. The number of rotatable bonds is 5. The number of hydrogen-bond donors (Lipinski definition) is 3. The van der Waals surface area contributed by atoms with Crippen molar-refractivity contribution in [1.29, 1.82) is 0 Å². The molecule has 1 amide bonds. The molecule has 3 N–H and O–H groups in total. The standard InChI is InChI=1S/C25H23BrN4O/c1-17-5-4-6-21(15-17)29-25(30-24(31)18-9-11-20(26)12-10-18)27-14-13-19-16-28-23-8-3-2-7-22(19)23/h2-12,15-16,28H,13-14H2,1H3,(H2,27,29,30,31). The number of aryl methyl sites for hydroxylation is 1. The molecule has 0 saturated heterocycles. The average Bonchev–Trinajstić information content (AvgIpc) is 3.17. The number of amides is 1. The number of nitrogens with zero attached hydrogens (tertiary/aromatic N) is 1. The Bertz CT molecular complexity index is 1230. The molecule has 4 aromatic rings. The van der Waals surface area contributed by atoms with E-state index in [1.165, 1.54) is 10.9 Å². The topological polar surface area (TPSA) is 69.3 Å². The normalized spacial score (nSPS) is 11.5. The summed E-state index contributed by atoms with van der Waals surface area (Å²) >= 11 is 3.40. The number of H-pyrrole nitrogens is 1. The molecule has 156 valence electrons. The molecular weight excluding hydrogens is 452 g/mol. The number of hydrogen-bond acceptors (Lipinski definition) is 2. The van der Waals surface area contributed by atoms with Crippen LogP contribution in [0.4, 0.5) is 5.69 Å². The van der Waals surface area contributed by atoms with E-state index in [9.17, 15) is 4.79 Å². The molecule has 0 aliphatic heterocycles. The van der Waals surface area contributed by atoms with E-state index in [0.29, 0.717) is 18.1 Å².